The molecule has 94 valence electrons. The summed E-state index contributed by atoms with van der Waals surface area (Å²) in [5.74, 6) is 0.323. The van der Waals surface area contributed by atoms with Crippen LogP contribution in [-0.4, -0.2) is 15.1 Å². The Balaban J connectivity index is 1.88. The maximum absolute atomic E-state index is 5.81. The lowest BCUT2D eigenvalue weighted by molar-refractivity contribution is 0.982. The highest BCUT2D eigenvalue weighted by Crippen LogP contribution is 2.27. The summed E-state index contributed by atoms with van der Waals surface area (Å²) in [5.41, 5.74) is 11.6. The van der Waals surface area contributed by atoms with Gasteiger partial charge in [-0.3, -0.25) is 0 Å². The first-order chi connectivity index (χ1) is 8.65. The fourth-order valence-electron chi connectivity index (χ4n) is 1.14. The Kier molecular flexibility index (Phi) is 4.57. The number of hydrogen-bond acceptors (Lipinski definition) is 6. The second kappa shape index (κ2) is 6.17. The van der Waals surface area contributed by atoms with Crippen molar-refractivity contribution in [3.63, 3.8) is 0 Å². The normalized spacial score (nSPS) is 10.5. The molecule has 4 N–H and O–H groups in total. The quantitative estimate of drug-likeness (QED) is 0.513. The standard InChI is InChI=1S/C11H11ClN4S2/c12-7-1-3-8(4-2-7)17-6-18-11-15-5-9(13)10(14)16-11/h1-5H,6,13H2,(H2,14,15,16). The van der Waals surface area contributed by atoms with E-state index in [2.05, 4.69) is 9.97 Å². The number of benzene rings is 1. The first kappa shape index (κ1) is 13.3. The third kappa shape index (κ3) is 3.69. The Morgan fingerprint density at radius 3 is 2.50 bits per heavy atom. The molecule has 0 atom stereocenters. The van der Waals surface area contributed by atoms with E-state index in [1.165, 1.54) is 18.0 Å². The molecule has 18 heavy (non-hydrogen) atoms. The molecular weight excluding hydrogens is 288 g/mol. The molecule has 0 aliphatic rings. The van der Waals surface area contributed by atoms with Gasteiger partial charge >= 0.3 is 0 Å². The van der Waals surface area contributed by atoms with E-state index in [0.29, 0.717) is 16.7 Å². The van der Waals surface area contributed by atoms with Crippen molar-refractivity contribution in [1.82, 2.24) is 9.97 Å². The van der Waals surface area contributed by atoms with Crippen molar-refractivity contribution < 1.29 is 0 Å². The largest absolute Gasteiger partial charge is 0.394 e. The van der Waals surface area contributed by atoms with E-state index < -0.39 is 0 Å². The molecular formula is C11H11ClN4S2. The predicted octanol–water partition coefficient (Wildman–Crippen LogP) is 3.14. The van der Waals surface area contributed by atoms with Crippen molar-refractivity contribution in [3.8, 4) is 0 Å². The highest BCUT2D eigenvalue weighted by Gasteiger charge is 2.02. The van der Waals surface area contributed by atoms with Crippen LogP contribution in [0.5, 0.6) is 0 Å². The van der Waals surface area contributed by atoms with E-state index in [1.54, 1.807) is 11.8 Å². The van der Waals surface area contributed by atoms with Gasteiger partial charge in [0.1, 0.15) is 0 Å². The van der Waals surface area contributed by atoms with Gasteiger partial charge < -0.3 is 11.5 Å². The summed E-state index contributed by atoms with van der Waals surface area (Å²) in [4.78, 5) is 9.33. The predicted molar refractivity (Wildman–Crippen MR) is 78.9 cm³/mol. The minimum atomic E-state index is 0.323. The summed E-state index contributed by atoms with van der Waals surface area (Å²) in [5, 5.41) is 2.16. The molecule has 0 saturated heterocycles. The molecule has 0 spiro atoms. The first-order valence-corrected chi connectivity index (χ1v) is 7.39. The topological polar surface area (TPSA) is 77.8 Å². The van der Waals surface area contributed by atoms with E-state index in [0.717, 1.165) is 15.0 Å². The van der Waals surface area contributed by atoms with Gasteiger partial charge in [-0.05, 0) is 24.3 Å². The van der Waals surface area contributed by atoms with Crippen LogP contribution in [0.25, 0.3) is 0 Å². The summed E-state index contributed by atoms with van der Waals surface area (Å²) in [7, 11) is 0. The van der Waals surface area contributed by atoms with E-state index in [1.807, 2.05) is 24.3 Å². The van der Waals surface area contributed by atoms with Gasteiger partial charge in [0.05, 0.1) is 17.0 Å². The molecule has 4 nitrogen and oxygen atoms in total. The Bertz CT molecular complexity index is 533. The van der Waals surface area contributed by atoms with E-state index in [4.69, 9.17) is 23.1 Å². The van der Waals surface area contributed by atoms with Crippen molar-refractivity contribution >= 4 is 46.6 Å². The fourth-order valence-corrected chi connectivity index (χ4v) is 3.08. The van der Waals surface area contributed by atoms with E-state index in [-0.39, 0.29) is 0 Å². The van der Waals surface area contributed by atoms with Gasteiger partial charge in [-0.1, -0.05) is 23.4 Å². The average Bonchev–Trinajstić information content (AvgIpc) is 2.36. The molecule has 7 heteroatoms. The minimum Gasteiger partial charge on any atom is -0.394 e. The maximum Gasteiger partial charge on any atom is 0.190 e. The Morgan fingerprint density at radius 1 is 1.11 bits per heavy atom. The third-order valence-electron chi connectivity index (χ3n) is 2.05. The number of rotatable bonds is 4. The second-order valence-electron chi connectivity index (χ2n) is 3.35. The smallest absolute Gasteiger partial charge is 0.190 e. The molecule has 2 aromatic rings. The Labute approximate surface area is 119 Å². The van der Waals surface area contributed by atoms with Gasteiger partial charge in [0.25, 0.3) is 0 Å². The molecule has 1 aromatic heterocycles. The summed E-state index contributed by atoms with van der Waals surface area (Å²) in [6, 6.07) is 7.69. The van der Waals surface area contributed by atoms with Gasteiger partial charge in [0, 0.05) is 9.92 Å². The van der Waals surface area contributed by atoms with Crippen molar-refractivity contribution in [2.45, 2.75) is 10.1 Å². The van der Waals surface area contributed by atoms with Gasteiger partial charge in [0.15, 0.2) is 11.0 Å². The monoisotopic (exact) mass is 298 g/mol. The third-order valence-corrected chi connectivity index (χ3v) is 4.31. The molecule has 0 aliphatic heterocycles. The SMILES string of the molecule is Nc1cnc(SCSc2ccc(Cl)cc2)nc1N. The van der Waals surface area contributed by atoms with Gasteiger partial charge in [-0.15, -0.1) is 11.8 Å². The van der Waals surface area contributed by atoms with Crippen molar-refractivity contribution in [1.29, 1.82) is 0 Å². The number of nitrogens with zero attached hydrogens (tertiary/aromatic N) is 2. The number of thioether (sulfide) groups is 2. The highest BCUT2D eigenvalue weighted by molar-refractivity contribution is 8.15. The molecule has 1 heterocycles. The molecule has 1 aromatic carbocycles. The van der Waals surface area contributed by atoms with Crippen LogP contribution in [-0.2, 0) is 0 Å². The molecule has 0 bridgehead atoms. The number of hydrogen-bond donors (Lipinski definition) is 2. The Morgan fingerprint density at radius 2 is 1.83 bits per heavy atom. The lowest BCUT2D eigenvalue weighted by Crippen LogP contribution is -2.00. The molecule has 0 radical (unpaired) electrons. The van der Waals surface area contributed by atoms with Crippen molar-refractivity contribution in [2.24, 2.45) is 0 Å². The lowest BCUT2D eigenvalue weighted by Gasteiger charge is -2.03. The number of halogens is 1. The van der Waals surface area contributed by atoms with Gasteiger partial charge in [0.2, 0.25) is 0 Å². The van der Waals surface area contributed by atoms with Crippen LogP contribution in [0, 0.1) is 0 Å². The summed E-state index contributed by atoms with van der Waals surface area (Å²) in [6.45, 7) is 0. The highest BCUT2D eigenvalue weighted by atomic mass is 35.5. The molecule has 0 amide bonds. The maximum atomic E-state index is 5.81. The second-order valence-corrected chi connectivity index (χ2v) is 6.15. The first-order valence-electron chi connectivity index (χ1n) is 5.04. The molecule has 0 fully saturated rings. The zero-order chi connectivity index (χ0) is 13.0. The molecule has 0 saturated carbocycles. The lowest BCUT2D eigenvalue weighted by atomic mass is 10.4. The van der Waals surface area contributed by atoms with Crippen LogP contribution >= 0.6 is 35.1 Å². The van der Waals surface area contributed by atoms with Crippen LogP contribution in [0.3, 0.4) is 0 Å². The van der Waals surface area contributed by atoms with Crippen LogP contribution in [0.4, 0.5) is 11.5 Å². The van der Waals surface area contributed by atoms with Crippen LogP contribution in [0.2, 0.25) is 5.02 Å². The minimum absolute atomic E-state index is 0.323. The number of nitrogens with two attached hydrogens (primary N) is 2. The van der Waals surface area contributed by atoms with Crippen LogP contribution in [0.15, 0.2) is 40.5 Å². The zero-order valence-corrected chi connectivity index (χ0v) is 11.7. The summed E-state index contributed by atoms with van der Waals surface area (Å²) >= 11 is 9.01. The van der Waals surface area contributed by atoms with Gasteiger partial charge in [-0.25, -0.2) is 9.97 Å². The number of nitrogen functional groups attached to an aromatic ring is 2. The summed E-state index contributed by atoms with van der Waals surface area (Å²) in [6.07, 6.45) is 1.53. The zero-order valence-electron chi connectivity index (χ0n) is 9.34. The average molecular weight is 299 g/mol. The molecule has 0 unspecified atom stereocenters. The summed E-state index contributed by atoms with van der Waals surface area (Å²) < 4.78 is 0. The van der Waals surface area contributed by atoms with Crippen LogP contribution in [0.1, 0.15) is 0 Å². The number of anilines is 2. The Hall–Kier alpha value is -1.11. The molecule has 2 rings (SSSR count). The van der Waals surface area contributed by atoms with Crippen molar-refractivity contribution in [3.05, 3.63) is 35.5 Å². The van der Waals surface area contributed by atoms with Crippen LogP contribution < -0.4 is 11.5 Å². The van der Waals surface area contributed by atoms with E-state index in [9.17, 15) is 0 Å². The van der Waals surface area contributed by atoms with Gasteiger partial charge in [-0.2, -0.15) is 0 Å². The van der Waals surface area contributed by atoms with Crippen molar-refractivity contribution in [2.75, 3.05) is 16.6 Å². The molecule has 0 aliphatic carbocycles. The fraction of sp³-hybridized carbons (Fsp3) is 0.0909. The van der Waals surface area contributed by atoms with E-state index >= 15 is 0 Å². The number of aromatic nitrogens is 2.